The van der Waals surface area contributed by atoms with Crippen LogP contribution in [0.2, 0.25) is 0 Å². The maximum Gasteiger partial charge on any atom is 0.325 e. The van der Waals surface area contributed by atoms with Crippen LogP contribution in [-0.4, -0.2) is 60.0 Å². The quantitative estimate of drug-likeness (QED) is 0.218. The van der Waals surface area contributed by atoms with E-state index in [4.69, 9.17) is 16.6 Å². The first-order valence-electron chi connectivity index (χ1n) is 9.84. The Bertz CT molecular complexity index is 713. The summed E-state index contributed by atoms with van der Waals surface area (Å²) < 4.78 is 0. The lowest BCUT2D eigenvalue weighted by atomic mass is 10.0. The highest BCUT2D eigenvalue weighted by molar-refractivity contribution is 5.92. The first kappa shape index (κ1) is 25.1. The van der Waals surface area contributed by atoms with Crippen molar-refractivity contribution < 1.29 is 24.3 Å². The molecule has 8 N–H and O–H groups in total. The summed E-state index contributed by atoms with van der Waals surface area (Å²) in [5, 5.41) is 16.3. The van der Waals surface area contributed by atoms with E-state index >= 15 is 0 Å². The van der Waals surface area contributed by atoms with Crippen LogP contribution in [0.5, 0.6) is 0 Å². The molecule has 0 fully saturated rings. The monoisotopic (exact) mass is 421 g/mol. The molecule has 0 aromatic heterocycles. The third kappa shape index (κ3) is 9.48. The van der Waals surface area contributed by atoms with Crippen LogP contribution in [0.3, 0.4) is 0 Å². The maximum absolute atomic E-state index is 12.5. The average molecular weight is 421 g/mol. The van der Waals surface area contributed by atoms with Crippen molar-refractivity contribution in [2.24, 2.45) is 11.5 Å². The van der Waals surface area contributed by atoms with E-state index < -0.39 is 41.8 Å². The number of hydrogen-bond donors (Lipinski definition) is 6. The molecule has 1 aromatic carbocycles. The van der Waals surface area contributed by atoms with E-state index in [1.165, 1.54) is 6.92 Å². The molecule has 0 bridgehead atoms. The highest BCUT2D eigenvalue weighted by Gasteiger charge is 2.25. The number of carboxylic acid groups (broad SMARTS) is 1. The fraction of sp³-hybridized carbons (Fsp3) is 0.500. The number of aliphatic carboxylic acids is 1. The minimum absolute atomic E-state index is 0.164. The summed E-state index contributed by atoms with van der Waals surface area (Å²) in [4.78, 5) is 47.7. The van der Waals surface area contributed by atoms with Crippen LogP contribution in [-0.2, 0) is 25.6 Å². The standard InChI is InChI=1S/C20H31N5O5/c1-13(20(29)30)24-19(28)16(11-14-7-3-2-4-8-14)25-17(26)12-23-18(27)15(22)9-5-6-10-21/h2-4,7-8,13,15-16H,5-6,9-12,21-22H2,1H3,(H,23,27)(H,24,28)(H,25,26)(H,29,30). The molecule has 3 amide bonds. The third-order valence-corrected chi connectivity index (χ3v) is 4.39. The Kier molecular flexibility index (Phi) is 11.1. The zero-order chi connectivity index (χ0) is 22.5. The fourth-order valence-electron chi connectivity index (χ4n) is 2.62. The van der Waals surface area contributed by atoms with E-state index in [2.05, 4.69) is 16.0 Å². The minimum atomic E-state index is -1.19. The van der Waals surface area contributed by atoms with Crippen molar-refractivity contribution in [2.45, 2.75) is 50.7 Å². The number of nitrogens with two attached hydrogens (primary N) is 2. The van der Waals surface area contributed by atoms with E-state index in [0.717, 1.165) is 12.0 Å². The first-order chi connectivity index (χ1) is 14.2. The van der Waals surface area contributed by atoms with E-state index in [0.29, 0.717) is 19.4 Å². The summed E-state index contributed by atoms with van der Waals surface area (Å²) >= 11 is 0. The fourth-order valence-corrected chi connectivity index (χ4v) is 2.62. The summed E-state index contributed by atoms with van der Waals surface area (Å²) in [5.74, 6) is -2.88. The van der Waals surface area contributed by atoms with Gasteiger partial charge in [-0.2, -0.15) is 0 Å². The summed E-state index contributed by atoms with van der Waals surface area (Å²) in [6.45, 7) is 1.49. The molecule has 0 heterocycles. The van der Waals surface area contributed by atoms with Gasteiger partial charge >= 0.3 is 5.97 Å². The molecule has 1 aromatic rings. The van der Waals surface area contributed by atoms with Crippen LogP contribution in [0.15, 0.2) is 30.3 Å². The molecule has 10 nitrogen and oxygen atoms in total. The molecule has 166 valence electrons. The Hall–Kier alpha value is -2.98. The van der Waals surface area contributed by atoms with Gasteiger partial charge in [0.15, 0.2) is 0 Å². The van der Waals surface area contributed by atoms with Crippen LogP contribution in [0.25, 0.3) is 0 Å². The third-order valence-electron chi connectivity index (χ3n) is 4.39. The number of nitrogens with one attached hydrogen (secondary N) is 3. The molecule has 0 spiro atoms. The number of rotatable bonds is 13. The summed E-state index contributed by atoms with van der Waals surface area (Å²) in [6.07, 6.45) is 2.08. The number of unbranched alkanes of at least 4 members (excludes halogenated alkanes) is 1. The van der Waals surface area contributed by atoms with Crippen molar-refractivity contribution in [3.05, 3.63) is 35.9 Å². The highest BCUT2D eigenvalue weighted by Crippen LogP contribution is 2.04. The zero-order valence-corrected chi connectivity index (χ0v) is 17.1. The number of benzene rings is 1. The lowest BCUT2D eigenvalue weighted by molar-refractivity contribution is -0.141. The molecule has 30 heavy (non-hydrogen) atoms. The van der Waals surface area contributed by atoms with Gasteiger partial charge in [-0.3, -0.25) is 19.2 Å². The van der Waals surface area contributed by atoms with Crippen molar-refractivity contribution in [3.8, 4) is 0 Å². The number of carbonyl (C=O) groups excluding carboxylic acids is 3. The molecule has 10 heteroatoms. The topological polar surface area (TPSA) is 177 Å². The minimum Gasteiger partial charge on any atom is -0.480 e. The predicted octanol–water partition coefficient (Wildman–Crippen LogP) is -1.12. The summed E-state index contributed by atoms with van der Waals surface area (Å²) in [5.41, 5.74) is 12.0. The number of carbonyl (C=O) groups is 4. The molecule has 0 aliphatic rings. The summed E-state index contributed by atoms with van der Waals surface area (Å²) in [7, 11) is 0. The van der Waals surface area contributed by atoms with Gasteiger partial charge in [0.2, 0.25) is 17.7 Å². The normalized spacial score (nSPS) is 13.6. The Morgan fingerprint density at radius 2 is 1.70 bits per heavy atom. The van der Waals surface area contributed by atoms with Crippen molar-refractivity contribution in [1.29, 1.82) is 0 Å². The largest absolute Gasteiger partial charge is 0.480 e. The molecule has 0 saturated carbocycles. The molecular formula is C20H31N5O5. The van der Waals surface area contributed by atoms with Gasteiger partial charge in [0.25, 0.3) is 0 Å². The lowest BCUT2D eigenvalue weighted by Crippen LogP contribution is -2.54. The number of carboxylic acids is 1. The molecule has 3 atom stereocenters. The van der Waals surface area contributed by atoms with Crippen LogP contribution >= 0.6 is 0 Å². The van der Waals surface area contributed by atoms with Crippen molar-refractivity contribution in [2.75, 3.05) is 13.1 Å². The van der Waals surface area contributed by atoms with E-state index in [9.17, 15) is 19.2 Å². The SMILES string of the molecule is CC(NC(=O)C(Cc1ccccc1)NC(=O)CNC(=O)C(N)CCCCN)C(=O)O. The van der Waals surface area contributed by atoms with Gasteiger partial charge in [-0.15, -0.1) is 0 Å². The summed E-state index contributed by atoms with van der Waals surface area (Å²) in [6, 6.07) is 6.11. The van der Waals surface area contributed by atoms with Gasteiger partial charge in [-0.05, 0) is 31.9 Å². The Balaban J connectivity index is 2.66. The second-order valence-corrected chi connectivity index (χ2v) is 6.99. The maximum atomic E-state index is 12.5. The first-order valence-corrected chi connectivity index (χ1v) is 9.84. The van der Waals surface area contributed by atoms with Gasteiger partial charge in [-0.25, -0.2) is 0 Å². The number of hydrogen-bond acceptors (Lipinski definition) is 6. The molecule has 1 rings (SSSR count). The molecule has 3 unspecified atom stereocenters. The molecule has 0 radical (unpaired) electrons. The van der Waals surface area contributed by atoms with Gasteiger partial charge in [0.05, 0.1) is 12.6 Å². The molecular weight excluding hydrogens is 390 g/mol. The van der Waals surface area contributed by atoms with Crippen molar-refractivity contribution in [3.63, 3.8) is 0 Å². The van der Waals surface area contributed by atoms with Crippen molar-refractivity contribution in [1.82, 2.24) is 16.0 Å². The second kappa shape index (κ2) is 13.3. The van der Waals surface area contributed by atoms with Gasteiger partial charge in [0, 0.05) is 6.42 Å². The predicted molar refractivity (Wildman–Crippen MR) is 111 cm³/mol. The van der Waals surface area contributed by atoms with Crippen molar-refractivity contribution >= 4 is 23.7 Å². The van der Waals surface area contributed by atoms with Crippen LogP contribution in [0.1, 0.15) is 31.7 Å². The van der Waals surface area contributed by atoms with E-state index in [1.54, 1.807) is 24.3 Å². The average Bonchev–Trinajstić information content (AvgIpc) is 2.72. The highest BCUT2D eigenvalue weighted by atomic mass is 16.4. The molecule has 0 aliphatic heterocycles. The zero-order valence-electron chi connectivity index (χ0n) is 17.1. The van der Waals surface area contributed by atoms with Crippen LogP contribution < -0.4 is 27.4 Å². The second-order valence-electron chi connectivity index (χ2n) is 6.99. The van der Waals surface area contributed by atoms with E-state index in [1.807, 2.05) is 6.07 Å². The van der Waals surface area contributed by atoms with E-state index in [-0.39, 0.29) is 13.0 Å². The molecule has 0 saturated heterocycles. The Labute approximate surface area is 175 Å². The van der Waals surface area contributed by atoms with Gasteiger partial charge < -0.3 is 32.5 Å². The number of amides is 3. The Morgan fingerprint density at radius 3 is 2.30 bits per heavy atom. The van der Waals surface area contributed by atoms with Crippen LogP contribution in [0, 0.1) is 0 Å². The van der Waals surface area contributed by atoms with Gasteiger partial charge in [0.1, 0.15) is 12.1 Å². The molecule has 0 aliphatic carbocycles. The Morgan fingerprint density at radius 1 is 1.03 bits per heavy atom. The smallest absolute Gasteiger partial charge is 0.325 e. The lowest BCUT2D eigenvalue weighted by Gasteiger charge is -2.20. The van der Waals surface area contributed by atoms with Gasteiger partial charge in [-0.1, -0.05) is 36.8 Å². The van der Waals surface area contributed by atoms with Crippen LogP contribution in [0.4, 0.5) is 0 Å².